The molecule has 0 unspecified atom stereocenters. The first kappa shape index (κ1) is 14.5. The summed E-state index contributed by atoms with van der Waals surface area (Å²) in [7, 11) is 1.56. The molecule has 104 valence electrons. The first-order valence-electron chi connectivity index (χ1n) is 5.71. The van der Waals surface area contributed by atoms with E-state index in [0.717, 1.165) is 11.3 Å². The van der Waals surface area contributed by atoms with Gasteiger partial charge in [0.1, 0.15) is 11.5 Å². The number of hydrogen-bond acceptors (Lipinski definition) is 4. The summed E-state index contributed by atoms with van der Waals surface area (Å²) in [6.07, 6.45) is 1.59. The van der Waals surface area contributed by atoms with Crippen molar-refractivity contribution in [3.8, 4) is 11.5 Å². The van der Waals surface area contributed by atoms with Crippen molar-refractivity contribution in [1.82, 2.24) is 0 Å². The van der Waals surface area contributed by atoms with Gasteiger partial charge >= 0.3 is 0 Å². The van der Waals surface area contributed by atoms with Crippen LogP contribution in [0, 0.1) is 0 Å². The van der Waals surface area contributed by atoms with E-state index in [1.807, 2.05) is 0 Å². The zero-order valence-corrected chi connectivity index (χ0v) is 12.1. The van der Waals surface area contributed by atoms with E-state index in [4.69, 9.17) is 27.9 Å². The third-order valence-corrected chi connectivity index (χ3v) is 3.13. The van der Waals surface area contributed by atoms with Crippen molar-refractivity contribution in [2.75, 3.05) is 12.5 Å². The van der Waals surface area contributed by atoms with E-state index in [9.17, 15) is 5.11 Å². The van der Waals surface area contributed by atoms with Gasteiger partial charge in [0.05, 0.1) is 29.1 Å². The van der Waals surface area contributed by atoms with E-state index in [1.165, 1.54) is 6.07 Å². The van der Waals surface area contributed by atoms with Gasteiger partial charge in [-0.05, 0) is 42.0 Å². The fraction of sp³-hybridized carbons (Fsp3) is 0.0714. The number of benzene rings is 2. The Hall–Kier alpha value is -1.91. The topological polar surface area (TPSA) is 53.8 Å². The van der Waals surface area contributed by atoms with Gasteiger partial charge in [-0.25, -0.2) is 0 Å². The monoisotopic (exact) mass is 310 g/mol. The Morgan fingerprint density at radius 3 is 2.60 bits per heavy atom. The quantitative estimate of drug-likeness (QED) is 0.658. The van der Waals surface area contributed by atoms with Crippen molar-refractivity contribution in [2.45, 2.75) is 0 Å². The molecular formula is C14H12Cl2N2O2. The zero-order chi connectivity index (χ0) is 14.5. The summed E-state index contributed by atoms with van der Waals surface area (Å²) in [5.41, 5.74) is 4.34. The van der Waals surface area contributed by atoms with Crippen LogP contribution in [-0.2, 0) is 0 Å². The molecule has 0 atom stereocenters. The maximum atomic E-state index is 9.31. The molecule has 20 heavy (non-hydrogen) atoms. The molecule has 2 aromatic rings. The molecule has 6 heteroatoms. The molecule has 0 aromatic heterocycles. The largest absolute Gasteiger partial charge is 0.506 e. The van der Waals surface area contributed by atoms with Gasteiger partial charge in [-0.2, -0.15) is 5.10 Å². The molecule has 0 saturated carbocycles. The van der Waals surface area contributed by atoms with Crippen LogP contribution in [0.15, 0.2) is 41.5 Å². The van der Waals surface area contributed by atoms with Gasteiger partial charge < -0.3 is 9.84 Å². The molecular weight excluding hydrogens is 299 g/mol. The molecule has 0 aliphatic rings. The number of hydrazone groups is 1. The number of hydrogen-bond donors (Lipinski definition) is 2. The molecule has 0 fully saturated rings. The highest BCUT2D eigenvalue weighted by atomic mass is 35.5. The molecule has 4 nitrogen and oxygen atoms in total. The Balaban J connectivity index is 2.06. The van der Waals surface area contributed by atoms with Gasteiger partial charge in [-0.1, -0.05) is 23.2 Å². The lowest BCUT2D eigenvalue weighted by Crippen LogP contribution is -1.92. The molecule has 0 saturated heterocycles. The normalized spacial score (nSPS) is 10.8. The minimum Gasteiger partial charge on any atom is -0.506 e. The smallest absolute Gasteiger partial charge is 0.137 e. The van der Waals surface area contributed by atoms with Crippen molar-refractivity contribution in [3.05, 3.63) is 52.0 Å². The number of anilines is 1. The van der Waals surface area contributed by atoms with Crippen molar-refractivity contribution < 1.29 is 9.84 Å². The van der Waals surface area contributed by atoms with Crippen LogP contribution >= 0.6 is 23.2 Å². The number of methoxy groups -OCH3 is 1. The number of phenols is 1. The Bertz CT molecular complexity index is 645. The van der Waals surface area contributed by atoms with Gasteiger partial charge in [-0.3, -0.25) is 5.43 Å². The molecule has 0 amide bonds. The first-order chi connectivity index (χ1) is 9.60. The number of halogens is 2. The highest BCUT2D eigenvalue weighted by molar-refractivity contribution is 6.32. The maximum absolute atomic E-state index is 9.31. The van der Waals surface area contributed by atoms with Crippen molar-refractivity contribution in [2.24, 2.45) is 5.10 Å². The molecule has 0 heterocycles. The summed E-state index contributed by atoms with van der Waals surface area (Å²) in [4.78, 5) is 0. The van der Waals surface area contributed by atoms with Crippen molar-refractivity contribution >= 4 is 35.1 Å². The molecule has 0 radical (unpaired) electrons. The van der Waals surface area contributed by atoms with Gasteiger partial charge in [0, 0.05) is 0 Å². The highest BCUT2D eigenvalue weighted by Gasteiger charge is 2.01. The summed E-state index contributed by atoms with van der Waals surface area (Å²) in [5, 5.41) is 14.2. The second-order valence-corrected chi connectivity index (χ2v) is 4.74. The van der Waals surface area contributed by atoms with E-state index in [1.54, 1.807) is 43.7 Å². The summed E-state index contributed by atoms with van der Waals surface area (Å²) in [6, 6.07) is 10.1. The highest BCUT2D eigenvalue weighted by Crippen LogP contribution is 2.27. The third-order valence-electron chi connectivity index (χ3n) is 2.53. The number of nitrogens with one attached hydrogen (secondary N) is 1. The Kier molecular flexibility index (Phi) is 4.71. The van der Waals surface area contributed by atoms with E-state index in [0.29, 0.717) is 10.8 Å². The van der Waals surface area contributed by atoms with Crippen LogP contribution in [0.3, 0.4) is 0 Å². The SMILES string of the molecule is COc1ccc(N/N=C/c2ccc(O)c(Cl)c2)cc1Cl. The number of phenolic OH excluding ortho intramolecular Hbond substituents is 1. The number of rotatable bonds is 4. The summed E-state index contributed by atoms with van der Waals surface area (Å²) < 4.78 is 5.06. The number of nitrogens with zero attached hydrogens (tertiary/aromatic N) is 1. The van der Waals surface area contributed by atoms with Gasteiger partial charge in [0.15, 0.2) is 0 Å². The zero-order valence-electron chi connectivity index (χ0n) is 10.6. The molecule has 0 bridgehead atoms. The Labute approximate surface area is 126 Å². The predicted molar refractivity (Wildman–Crippen MR) is 82.3 cm³/mol. The first-order valence-corrected chi connectivity index (χ1v) is 6.47. The summed E-state index contributed by atoms with van der Waals surface area (Å²) in [6.45, 7) is 0. The second-order valence-electron chi connectivity index (χ2n) is 3.93. The summed E-state index contributed by atoms with van der Waals surface area (Å²) in [5.74, 6) is 0.644. The van der Waals surface area contributed by atoms with Crippen LogP contribution < -0.4 is 10.2 Å². The van der Waals surface area contributed by atoms with Crippen molar-refractivity contribution in [1.29, 1.82) is 0 Å². The lowest BCUT2D eigenvalue weighted by atomic mass is 10.2. The van der Waals surface area contributed by atoms with E-state index in [-0.39, 0.29) is 10.8 Å². The van der Waals surface area contributed by atoms with Crippen LogP contribution in [0.4, 0.5) is 5.69 Å². The van der Waals surface area contributed by atoms with E-state index < -0.39 is 0 Å². The lowest BCUT2D eigenvalue weighted by Gasteiger charge is -2.05. The predicted octanol–water partition coefficient (Wildman–Crippen LogP) is 4.15. The Morgan fingerprint density at radius 2 is 1.95 bits per heavy atom. The molecule has 2 aromatic carbocycles. The van der Waals surface area contributed by atoms with E-state index in [2.05, 4.69) is 10.5 Å². The minimum atomic E-state index is 0.0405. The maximum Gasteiger partial charge on any atom is 0.137 e. The van der Waals surface area contributed by atoms with Crippen molar-refractivity contribution in [3.63, 3.8) is 0 Å². The molecule has 2 N–H and O–H groups in total. The van der Waals surface area contributed by atoms with E-state index >= 15 is 0 Å². The molecule has 0 aliphatic carbocycles. The average Bonchev–Trinajstić information content (AvgIpc) is 2.43. The fourth-order valence-electron chi connectivity index (χ4n) is 1.52. The lowest BCUT2D eigenvalue weighted by molar-refractivity contribution is 0.415. The summed E-state index contributed by atoms with van der Waals surface area (Å²) >= 11 is 11.8. The van der Waals surface area contributed by atoms with Crippen LogP contribution in [0.5, 0.6) is 11.5 Å². The minimum absolute atomic E-state index is 0.0405. The van der Waals surface area contributed by atoms with Gasteiger partial charge in [-0.15, -0.1) is 0 Å². The average molecular weight is 311 g/mol. The molecule has 0 aliphatic heterocycles. The number of ether oxygens (including phenoxy) is 1. The molecule has 2 rings (SSSR count). The van der Waals surface area contributed by atoms with Crippen LogP contribution in [0.2, 0.25) is 10.0 Å². The fourth-order valence-corrected chi connectivity index (χ4v) is 1.97. The van der Waals surface area contributed by atoms with Gasteiger partial charge in [0.2, 0.25) is 0 Å². The molecule has 0 spiro atoms. The third kappa shape index (κ3) is 3.56. The Morgan fingerprint density at radius 1 is 1.15 bits per heavy atom. The van der Waals surface area contributed by atoms with Crippen LogP contribution in [-0.4, -0.2) is 18.4 Å². The number of aromatic hydroxyl groups is 1. The second kappa shape index (κ2) is 6.50. The van der Waals surface area contributed by atoms with Crippen LogP contribution in [0.1, 0.15) is 5.56 Å². The van der Waals surface area contributed by atoms with Gasteiger partial charge in [0.25, 0.3) is 0 Å². The van der Waals surface area contributed by atoms with Crippen LogP contribution in [0.25, 0.3) is 0 Å². The standard InChI is InChI=1S/C14H12Cl2N2O2/c1-20-14-5-3-10(7-12(14)16)18-17-8-9-2-4-13(19)11(15)6-9/h2-8,18-19H,1H3/b17-8+.